The predicted molar refractivity (Wildman–Crippen MR) is 113 cm³/mol. The lowest BCUT2D eigenvalue weighted by Gasteiger charge is -2.08. The Bertz CT molecular complexity index is 1030. The van der Waals surface area contributed by atoms with Crippen LogP contribution in [0.2, 0.25) is 0 Å². The third kappa shape index (κ3) is 4.91. The Balaban J connectivity index is 1.61. The van der Waals surface area contributed by atoms with Gasteiger partial charge in [-0.2, -0.15) is 0 Å². The highest BCUT2D eigenvalue weighted by Gasteiger charge is 2.13. The van der Waals surface area contributed by atoms with E-state index in [0.717, 1.165) is 11.1 Å². The molecule has 0 saturated heterocycles. The number of aryl methyl sites for hydroxylation is 1. The summed E-state index contributed by atoms with van der Waals surface area (Å²) in [5, 5.41) is 7.61. The van der Waals surface area contributed by atoms with Gasteiger partial charge in [-0.15, -0.1) is 11.3 Å². The van der Waals surface area contributed by atoms with E-state index >= 15 is 0 Å². The summed E-state index contributed by atoms with van der Waals surface area (Å²) in [5.41, 5.74) is 2.94. The molecule has 0 saturated carbocycles. The number of aromatic nitrogens is 1. The number of amides is 2. The number of ether oxygens (including phenoxy) is 2. The van der Waals surface area contributed by atoms with E-state index in [4.69, 9.17) is 9.47 Å². The minimum absolute atomic E-state index is 0.140. The first-order valence-corrected chi connectivity index (χ1v) is 9.71. The molecular formula is C21H21N3O4S. The van der Waals surface area contributed by atoms with Crippen molar-refractivity contribution in [2.75, 3.05) is 26.1 Å². The summed E-state index contributed by atoms with van der Waals surface area (Å²) in [6.07, 6.45) is 0. The summed E-state index contributed by atoms with van der Waals surface area (Å²) in [4.78, 5) is 28.8. The van der Waals surface area contributed by atoms with E-state index in [0.29, 0.717) is 27.9 Å². The van der Waals surface area contributed by atoms with E-state index < -0.39 is 0 Å². The lowest BCUT2D eigenvalue weighted by atomic mass is 10.1. The highest BCUT2D eigenvalue weighted by Crippen LogP contribution is 2.33. The first-order chi connectivity index (χ1) is 14.0. The molecule has 7 nitrogen and oxygen atoms in total. The summed E-state index contributed by atoms with van der Waals surface area (Å²) < 4.78 is 10.5. The lowest BCUT2D eigenvalue weighted by Crippen LogP contribution is -2.33. The fraction of sp³-hybridized carbons (Fsp3) is 0.190. The summed E-state index contributed by atoms with van der Waals surface area (Å²) in [6.45, 7) is 1.71. The molecule has 0 aliphatic rings. The van der Waals surface area contributed by atoms with Crippen LogP contribution in [-0.2, 0) is 4.79 Å². The second-order valence-corrected chi connectivity index (χ2v) is 7.01. The van der Waals surface area contributed by atoms with E-state index in [1.807, 2.05) is 36.6 Å². The molecule has 1 aromatic heterocycles. The van der Waals surface area contributed by atoms with Crippen molar-refractivity contribution < 1.29 is 19.1 Å². The van der Waals surface area contributed by atoms with Gasteiger partial charge in [0.25, 0.3) is 5.91 Å². The Morgan fingerprint density at radius 3 is 2.55 bits per heavy atom. The monoisotopic (exact) mass is 411 g/mol. The van der Waals surface area contributed by atoms with Gasteiger partial charge in [0.2, 0.25) is 5.91 Å². The number of carbonyl (C=O) groups excluding carboxylic acids is 2. The van der Waals surface area contributed by atoms with Crippen LogP contribution in [0.3, 0.4) is 0 Å². The van der Waals surface area contributed by atoms with Gasteiger partial charge in [0.15, 0.2) is 16.6 Å². The van der Waals surface area contributed by atoms with Crippen molar-refractivity contribution >= 4 is 28.3 Å². The summed E-state index contributed by atoms with van der Waals surface area (Å²) in [6, 6.07) is 12.7. The molecule has 0 atom stereocenters. The summed E-state index contributed by atoms with van der Waals surface area (Å²) >= 11 is 1.30. The number of rotatable bonds is 7. The quantitative estimate of drug-likeness (QED) is 0.621. The minimum atomic E-state index is -0.347. The van der Waals surface area contributed by atoms with Crippen LogP contribution in [0.1, 0.15) is 15.9 Å². The van der Waals surface area contributed by atoms with Gasteiger partial charge in [-0.3, -0.25) is 9.59 Å². The molecular weight excluding hydrogens is 390 g/mol. The van der Waals surface area contributed by atoms with Crippen LogP contribution >= 0.6 is 11.3 Å². The normalized spacial score (nSPS) is 10.3. The molecule has 0 spiro atoms. The Morgan fingerprint density at radius 2 is 1.83 bits per heavy atom. The average molecular weight is 411 g/mol. The Hall–Kier alpha value is -3.39. The number of methoxy groups -OCH3 is 2. The molecule has 29 heavy (non-hydrogen) atoms. The van der Waals surface area contributed by atoms with Crippen molar-refractivity contribution in [3.8, 4) is 22.8 Å². The molecule has 0 aliphatic carbocycles. The van der Waals surface area contributed by atoms with E-state index in [1.54, 1.807) is 32.4 Å². The molecule has 2 amide bonds. The van der Waals surface area contributed by atoms with E-state index in [2.05, 4.69) is 15.6 Å². The van der Waals surface area contributed by atoms with Gasteiger partial charge in [-0.25, -0.2) is 4.98 Å². The highest BCUT2D eigenvalue weighted by atomic mass is 32.1. The summed E-state index contributed by atoms with van der Waals surface area (Å²) in [5.74, 6) is 0.593. The van der Waals surface area contributed by atoms with Crippen molar-refractivity contribution in [2.45, 2.75) is 6.92 Å². The van der Waals surface area contributed by atoms with Crippen molar-refractivity contribution in [3.05, 3.63) is 59.0 Å². The first kappa shape index (κ1) is 20.3. The second-order valence-electron chi connectivity index (χ2n) is 6.15. The van der Waals surface area contributed by atoms with Crippen LogP contribution in [-0.4, -0.2) is 37.6 Å². The van der Waals surface area contributed by atoms with E-state index in [1.165, 1.54) is 11.3 Å². The minimum Gasteiger partial charge on any atom is -0.493 e. The van der Waals surface area contributed by atoms with Gasteiger partial charge in [-0.1, -0.05) is 18.2 Å². The van der Waals surface area contributed by atoms with Crippen molar-refractivity contribution in [1.29, 1.82) is 0 Å². The fourth-order valence-corrected chi connectivity index (χ4v) is 3.44. The lowest BCUT2D eigenvalue weighted by molar-refractivity contribution is -0.115. The Morgan fingerprint density at radius 1 is 1.07 bits per heavy atom. The molecule has 1 heterocycles. The molecule has 2 N–H and O–H groups in total. The van der Waals surface area contributed by atoms with Gasteiger partial charge >= 0.3 is 0 Å². The zero-order valence-electron chi connectivity index (χ0n) is 16.3. The SMILES string of the molecule is COc1ccc(-c2csc(NC(=O)CNC(=O)c3ccccc3C)n2)cc1OC. The van der Waals surface area contributed by atoms with Crippen LogP contribution in [0.15, 0.2) is 47.8 Å². The molecule has 0 aliphatic heterocycles. The topological polar surface area (TPSA) is 89.6 Å². The molecule has 0 bridgehead atoms. The number of carbonyl (C=O) groups is 2. The van der Waals surface area contributed by atoms with Gasteiger partial charge in [-0.05, 0) is 36.8 Å². The van der Waals surface area contributed by atoms with Crippen LogP contribution in [0.4, 0.5) is 5.13 Å². The Labute approximate surface area is 172 Å². The third-order valence-electron chi connectivity index (χ3n) is 4.23. The predicted octanol–water partition coefficient (Wildman–Crippen LogP) is 3.50. The molecule has 0 radical (unpaired) electrons. The molecule has 0 unspecified atom stereocenters. The maximum absolute atomic E-state index is 12.2. The van der Waals surface area contributed by atoms with Crippen molar-refractivity contribution in [1.82, 2.24) is 10.3 Å². The number of thiazole rings is 1. The standard InChI is InChI=1S/C21H21N3O4S/c1-13-6-4-5-7-15(13)20(26)22-11-19(25)24-21-23-16(12-29-21)14-8-9-17(27-2)18(10-14)28-3/h4-10,12H,11H2,1-3H3,(H,22,26)(H,23,24,25). The van der Waals surface area contributed by atoms with Gasteiger partial charge < -0.3 is 20.1 Å². The molecule has 8 heteroatoms. The van der Waals surface area contributed by atoms with Crippen LogP contribution in [0.25, 0.3) is 11.3 Å². The maximum atomic E-state index is 12.2. The van der Waals surface area contributed by atoms with Crippen LogP contribution in [0, 0.1) is 6.92 Å². The van der Waals surface area contributed by atoms with E-state index in [-0.39, 0.29) is 18.4 Å². The maximum Gasteiger partial charge on any atom is 0.251 e. The number of anilines is 1. The number of benzene rings is 2. The average Bonchev–Trinajstić information content (AvgIpc) is 3.20. The van der Waals surface area contributed by atoms with Crippen LogP contribution in [0.5, 0.6) is 11.5 Å². The number of hydrogen-bond donors (Lipinski definition) is 2. The first-order valence-electron chi connectivity index (χ1n) is 8.83. The second kappa shape index (κ2) is 9.20. The fourth-order valence-electron chi connectivity index (χ4n) is 2.71. The highest BCUT2D eigenvalue weighted by molar-refractivity contribution is 7.14. The Kier molecular flexibility index (Phi) is 6.46. The molecule has 150 valence electrons. The molecule has 3 aromatic rings. The smallest absolute Gasteiger partial charge is 0.251 e. The molecule has 0 fully saturated rings. The number of nitrogens with one attached hydrogen (secondary N) is 2. The third-order valence-corrected chi connectivity index (χ3v) is 4.99. The van der Waals surface area contributed by atoms with Crippen LogP contribution < -0.4 is 20.1 Å². The number of nitrogens with zero attached hydrogens (tertiary/aromatic N) is 1. The number of hydrogen-bond acceptors (Lipinski definition) is 6. The largest absolute Gasteiger partial charge is 0.493 e. The summed E-state index contributed by atoms with van der Waals surface area (Å²) in [7, 11) is 3.14. The van der Waals surface area contributed by atoms with Crippen molar-refractivity contribution in [3.63, 3.8) is 0 Å². The zero-order valence-corrected chi connectivity index (χ0v) is 17.1. The van der Waals surface area contributed by atoms with Gasteiger partial charge in [0.05, 0.1) is 26.5 Å². The molecule has 2 aromatic carbocycles. The molecule has 3 rings (SSSR count). The van der Waals surface area contributed by atoms with Crippen molar-refractivity contribution in [2.24, 2.45) is 0 Å². The van der Waals surface area contributed by atoms with Gasteiger partial charge in [0.1, 0.15) is 0 Å². The zero-order chi connectivity index (χ0) is 20.8. The van der Waals surface area contributed by atoms with E-state index in [9.17, 15) is 9.59 Å². The van der Waals surface area contributed by atoms with Gasteiger partial charge in [0, 0.05) is 16.5 Å².